The van der Waals surface area contributed by atoms with E-state index in [0.29, 0.717) is 6.10 Å². The summed E-state index contributed by atoms with van der Waals surface area (Å²) in [6.07, 6.45) is 4.44. The van der Waals surface area contributed by atoms with Crippen molar-refractivity contribution in [2.75, 3.05) is 25.1 Å². The molecule has 2 N–H and O–H groups in total. The predicted molar refractivity (Wildman–Crippen MR) is 108 cm³/mol. The molecule has 1 fully saturated rings. The molecule has 1 aromatic carbocycles. The highest BCUT2D eigenvalue weighted by Crippen LogP contribution is 2.25. The van der Waals surface area contributed by atoms with E-state index in [1.165, 1.54) is 22.9 Å². The molecule has 0 spiro atoms. The van der Waals surface area contributed by atoms with Gasteiger partial charge in [0.15, 0.2) is 0 Å². The van der Waals surface area contributed by atoms with E-state index in [1.54, 1.807) is 6.20 Å². The maximum absolute atomic E-state index is 5.73. The van der Waals surface area contributed by atoms with Crippen molar-refractivity contribution in [3.05, 3.63) is 53.3 Å². The van der Waals surface area contributed by atoms with Crippen LogP contribution in [0.2, 0.25) is 0 Å². The molecule has 0 saturated carbocycles. The molecule has 2 aromatic heterocycles. The zero-order valence-corrected chi connectivity index (χ0v) is 16.0. The van der Waals surface area contributed by atoms with E-state index in [4.69, 9.17) is 9.72 Å². The van der Waals surface area contributed by atoms with Gasteiger partial charge in [-0.2, -0.15) is 5.10 Å². The fourth-order valence-corrected chi connectivity index (χ4v) is 3.67. The van der Waals surface area contributed by atoms with E-state index in [9.17, 15) is 0 Å². The Morgan fingerprint density at radius 3 is 3.00 bits per heavy atom. The van der Waals surface area contributed by atoms with E-state index < -0.39 is 0 Å². The number of benzene rings is 1. The number of aryl methyl sites for hydroxylation is 1. The van der Waals surface area contributed by atoms with Crippen LogP contribution in [0, 0.1) is 6.92 Å². The Labute approximate surface area is 159 Å². The van der Waals surface area contributed by atoms with Crippen LogP contribution in [0.5, 0.6) is 0 Å². The lowest BCUT2D eigenvalue weighted by atomic mass is 10.1. The molecule has 1 saturated heterocycles. The van der Waals surface area contributed by atoms with Gasteiger partial charge in [0.05, 0.1) is 23.9 Å². The largest absolute Gasteiger partial charge is 0.377 e. The normalized spacial score (nSPS) is 16.9. The fourth-order valence-electron chi connectivity index (χ4n) is 3.67. The Morgan fingerprint density at radius 1 is 1.30 bits per heavy atom. The molecule has 27 heavy (non-hydrogen) atoms. The number of ether oxygens (including phenoxy) is 1. The summed E-state index contributed by atoms with van der Waals surface area (Å²) in [7, 11) is 2.08. The van der Waals surface area contributed by atoms with Gasteiger partial charge in [0.2, 0.25) is 0 Å². The fraction of sp³-hybridized carbons (Fsp3) is 0.429. The molecule has 3 heterocycles. The number of aromatic nitrogens is 3. The highest BCUT2D eigenvalue weighted by Gasteiger charge is 2.16. The lowest BCUT2D eigenvalue weighted by molar-refractivity contribution is 0.110. The van der Waals surface area contributed by atoms with Gasteiger partial charge in [0, 0.05) is 43.9 Å². The van der Waals surface area contributed by atoms with Crippen molar-refractivity contribution in [3.63, 3.8) is 0 Å². The second-order valence-corrected chi connectivity index (χ2v) is 7.37. The van der Waals surface area contributed by atoms with Crippen LogP contribution < -0.4 is 10.2 Å². The molecule has 6 nitrogen and oxygen atoms in total. The third-order valence-electron chi connectivity index (χ3n) is 5.07. The molecule has 0 aliphatic carbocycles. The number of hydrogen-bond donors (Lipinski definition) is 2. The summed E-state index contributed by atoms with van der Waals surface area (Å²) in [5.74, 6) is 1.00. The summed E-state index contributed by atoms with van der Waals surface area (Å²) in [5.41, 5.74) is 4.55. The van der Waals surface area contributed by atoms with E-state index in [2.05, 4.69) is 58.7 Å². The van der Waals surface area contributed by atoms with Gasteiger partial charge in [-0.1, -0.05) is 11.6 Å². The Morgan fingerprint density at radius 2 is 2.22 bits per heavy atom. The first-order valence-corrected chi connectivity index (χ1v) is 9.61. The third-order valence-corrected chi connectivity index (χ3v) is 5.07. The van der Waals surface area contributed by atoms with Gasteiger partial charge in [0.25, 0.3) is 0 Å². The second kappa shape index (κ2) is 8.06. The van der Waals surface area contributed by atoms with Crippen molar-refractivity contribution in [1.82, 2.24) is 20.5 Å². The van der Waals surface area contributed by atoms with Gasteiger partial charge in [-0.05, 0) is 44.0 Å². The van der Waals surface area contributed by atoms with Crippen molar-refractivity contribution in [2.45, 2.75) is 39.0 Å². The first-order chi connectivity index (χ1) is 13.2. The summed E-state index contributed by atoms with van der Waals surface area (Å²) in [5, 5.41) is 11.8. The van der Waals surface area contributed by atoms with E-state index in [-0.39, 0.29) is 0 Å². The first-order valence-electron chi connectivity index (χ1n) is 9.61. The summed E-state index contributed by atoms with van der Waals surface area (Å²) >= 11 is 0. The number of anilines is 1. The van der Waals surface area contributed by atoms with Gasteiger partial charge in [-0.25, -0.2) is 4.98 Å². The number of nitrogens with one attached hydrogen (secondary N) is 2. The monoisotopic (exact) mass is 365 g/mol. The summed E-state index contributed by atoms with van der Waals surface area (Å²) < 4.78 is 5.73. The van der Waals surface area contributed by atoms with Crippen molar-refractivity contribution >= 4 is 16.7 Å². The minimum atomic E-state index is 0.340. The molecule has 6 heteroatoms. The van der Waals surface area contributed by atoms with Crippen LogP contribution in [0.15, 0.2) is 36.5 Å². The number of aromatic amines is 1. The zero-order valence-electron chi connectivity index (χ0n) is 16.0. The average molecular weight is 365 g/mol. The lowest BCUT2D eigenvalue weighted by Gasteiger charge is -2.22. The number of H-pyrrole nitrogens is 1. The van der Waals surface area contributed by atoms with Gasteiger partial charge < -0.3 is 15.0 Å². The second-order valence-electron chi connectivity index (χ2n) is 7.37. The van der Waals surface area contributed by atoms with Crippen LogP contribution in [0.1, 0.15) is 29.7 Å². The molecule has 0 amide bonds. The maximum Gasteiger partial charge on any atom is 0.133 e. The quantitative estimate of drug-likeness (QED) is 0.673. The van der Waals surface area contributed by atoms with Gasteiger partial charge >= 0.3 is 0 Å². The van der Waals surface area contributed by atoms with Crippen molar-refractivity contribution in [3.8, 4) is 0 Å². The number of nitrogens with zero attached hydrogens (tertiary/aromatic N) is 3. The molecule has 1 atom stereocenters. The molecule has 4 rings (SSSR count). The number of hydrogen-bond acceptors (Lipinski definition) is 5. The molecular weight excluding hydrogens is 338 g/mol. The zero-order chi connectivity index (χ0) is 18.6. The van der Waals surface area contributed by atoms with Crippen molar-refractivity contribution in [1.29, 1.82) is 0 Å². The van der Waals surface area contributed by atoms with Crippen LogP contribution >= 0.6 is 0 Å². The highest BCUT2D eigenvalue weighted by atomic mass is 16.5. The minimum absolute atomic E-state index is 0.340. The molecule has 1 aliphatic rings. The highest BCUT2D eigenvalue weighted by molar-refractivity contribution is 5.82. The molecule has 3 aromatic rings. The lowest BCUT2D eigenvalue weighted by Crippen LogP contribution is -2.27. The van der Waals surface area contributed by atoms with Gasteiger partial charge in [-0.15, -0.1) is 0 Å². The van der Waals surface area contributed by atoms with Crippen LogP contribution in [-0.2, 0) is 17.8 Å². The molecule has 142 valence electrons. The van der Waals surface area contributed by atoms with Crippen molar-refractivity contribution in [2.24, 2.45) is 0 Å². The molecular formula is C21H27N5O. The molecule has 1 aliphatic heterocycles. The number of rotatable bonds is 7. The number of fused-ring (bicyclic) bond motifs is 1. The van der Waals surface area contributed by atoms with Crippen LogP contribution in [-0.4, -0.2) is 41.5 Å². The summed E-state index contributed by atoms with van der Waals surface area (Å²) in [4.78, 5) is 7.14. The molecule has 0 unspecified atom stereocenters. The minimum Gasteiger partial charge on any atom is -0.377 e. The Balaban J connectivity index is 1.58. The maximum atomic E-state index is 5.73. The summed E-state index contributed by atoms with van der Waals surface area (Å²) in [6.45, 7) is 5.41. The number of pyridine rings is 1. The SMILES string of the molecule is Cc1ccc2nc(N(C)Cc3ccn[nH]3)c(CNC[C@@H]3CCCO3)cc2c1. The van der Waals surface area contributed by atoms with Crippen LogP contribution in [0.25, 0.3) is 10.9 Å². The average Bonchev–Trinajstić information content (AvgIpc) is 3.35. The Hall–Kier alpha value is -2.44. The first kappa shape index (κ1) is 17.9. The van der Waals surface area contributed by atoms with Crippen LogP contribution in [0.3, 0.4) is 0 Å². The smallest absolute Gasteiger partial charge is 0.133 e. The van der Waals surface area contributed by atoms with E-state index in [0.717, 1.165) is 49.7 Å². The Bertz CT molecular complexity index is 887. The van der Waals surface area contributed by atoms with E-state index >= 15 is 0 Å². The third kappa shape index (κ3) is 4.28. The summed E-state index contributed by atoms with van der Waals surface area (Å²) in [6, 6.07) is 10.7. The Kier molecular flexibility index (Phi) is 5.36. The topological polar surface area (TPSA) is 66.1 Å². The standard InChI is InChI=1S/C21H27N5O/c1-15-5-6-20-16(10-15)11-17(12-22-13-19-4-3-9-27-19)21(24-20)26(2)14-18-7-8-23-25-18/h5-8,10-11,19,22H,3-4,9,12-14H2,1-2H3,(H,23,25)/t19-/m0/s1. The van der Waals surface area contributed by atoms with E-state index in [1.807, 2.05) is 6.07 Å². The van der Waals surface area contributed by atoms with Crippen molar-refractivity contribution < 1.29 is 4.74 Å². The molecule has 0 bridgehead atoms. The van der Waals surface area contributed by atoms with Crippen LogP contribution in [0.4, 0.5) is 5.82 Å². The predicted octanol–water partition coefficient (Wildman–Crippen LogP) is 3.17. The van der Waals surface area contributed by atoms with Gasteiger partial charge in [-0.3, -0.25) is 5.10 Å². The van der Waals surface area contributed by atoms with Gasteiger partial charge in [0.1, 0.15) is 5.82 Å². The molecule has 0 radical (unpaired) electrons.